The van der Waals surface area contributed by atoms with Crippen LogP contribution in [0.25, 0.3) is 33.8 Å². The fraction of sp³-hybridized carbons (Fsp3) is 0.253. The number of carbonyl (C=O) groups is 5. The number of benzene rings is 5. The molecule has 1 saturated heterocycles. The molecule has 1 fully saturated rings. The van der Waals surface area contributed by atoms with Crippen molar-refractivity contribution in [1.82, 2.24) is 29.1 Å². The SMILES string of the molecule is COC(C)=O.COc1ccc(-c2cc(=O)n3cc(F)ccc3n2)cc1F.COc1ccc(-c2cc(=O)n3cc(N4CCNCC4)ccc3n2)cc1F.COc1ccc(C(=O)CC(C)=O)cc1F.COc1ccc(C(C)=O)cc1F.COc1ccc(C(CC(C)=O)(OC)OC)cc1F.Nc1ccc(F)cn1.[H-].[Na+]. The number of ketones is 4. The molecule has 558 valence electrons. The number of carbonyl (C=O) groups excluding carboxylic acids is 5. The average Bonchev–Trinajstić information content (AvgIpc) is 0.799. The quantitative estimate of drug-likeness (QED) is 0.0215. The first-order valence-corrected chi connectivity index (χ1v) is 31.4. The third kappa shape index (κ3) is 25.8. The van der Waals surface area contributed by atoms with E-state index >= 15 is 0 Å². The van der Waals surface area contributed by atoms with Gasteiger partial charge in [-0.15, -0.1) is 0 Å². The Labute approximate surface area is 628 Å². The minimum absolute atomic E-state index is 0. The van der Waals surface area contributed by atoms with Crippen molar-refractivity contribution in [1.29, 1.82) is 0 Å². The maximum Gasteiger partial charge on any atom is 1.00 e. The summed E-state index contributed by atoms with van der Waals surface area (Å²) in [6, 6.07) is 32.9. The summed E-state index contributed by atoms with van der Waals surface area (Å²) in [5.74, 6) is -5.01. The van der Waals surface area contributed by atoms with E-state index in [0.717, 1.165) is 54.7 Å². The maximum absolute atomic E-state index is 14.0. The first kappa shape index (κ1) is 87.5. The van der Waals surface area contributed by atoms with Crippen LogP contribution in [0.4, 0.5) is 42.2 Å². The summed E-state index contributed by atoms with van der Waals surface area (Å²) in [5, 5.41) is 3.31. The maximum atomic E-state index is 14.0. The largest absolute Gasteiger partial charge is 1.00 e. The topological polar surface area (TPSA) is 282 Å². The second kappa shape index (κ2) is 42.8. The van der Waals surface area contributed by atoms with Crippen LogP contribution < -0.4 is 80.3 Å². The molecule has 3 N–H and O–H groups in total. The smallest absolute Gasteiger partial charge is 1.00 e. The molecule has 5 aromatic carbocycles. The summed E-state index contributed by atoms with van der Waals surface area (Å²) in [5.41, 5.74) is 9.02. The predicted octanol–water partition coefficient (Wildman–Crippen LogP) is 8.96. The summed E-state index contributed by atoms with van der Waals surface area (Å²) in [7, 11) is 11.1. The van der Waals surface area contributed by atoms with Gasteiger partial charge in [-0.25, -0.2) is 45.7 Å². The second-order valence-electron chi connectivity index (χ2n) is 22.1. The summed E-state index contributed by atoms with van der Waals surface area (Å²) >= 11 is 0. The monoisotopic (exact) mass is 1490 g/mol. The first-order valence-electron chi connectivity index (χ1n) is 31.4. The third-order valence-corrected chi connectivity index (χ3v) is 14.9. The van der Waals surface area contributed by atoms with E-state index in [-0.39, 0.29) is 124 Å². The van der Waals surface area contributed by atoms with Crippen LogP contribution in [0.2, 0.25) is 0 Å². The molecule has 0 spiro atoms. The Bertz CT molecular complexity index is 4760. The van der Waals surface area contributed by atoms with Gasteiger partial charge in [0.15, 0.2) is 69.4 Å². The Kier molecular flexibility index (Phi) is 35.3. The van der Waals surface area contributed by atoms with Gasteiger partial charge in [0.05, 0.1) is 78.8 Å². The number of nitrogens with one attached hydrogen (secondary N) is 1. The number of nitrogens with two attached hydrogens (primary N) is 1. The van der Waals surface area contributed by atoms with Gasteiger partial charge < -0.3 is 55.3 Å². The van der Waals surface area contributed by atoms with Crippen molar-refractivity contribution in [3.8, 4) is 51.3 Å². The van der Waals surface area contributed by atoms with Crippen molar-refractivity contribution in [3.05, 3.63) is 236 Å². The van der Waals surface area contributed by atoms with Gasteiger partial charge in [-0.05, 0) is 148 Å². The van der Waals surface area contributed by atoms with Crippen LogP contribution in [-0.2, 0) is 34.4 Å². The van der Waals surface area contributed by atoms with Crippen molar-refractivity contribution in [2.75, 3.05) is 93.7 Å². The fourth-order valence-electron chi connectivity index (χ4n) is 9.46. The molecule has 31 heteroatoms. The van der Waals surface area contributed by atoms with Gasteiger partial charge in [0, 0.05) is 99.7 Å². The van der Waals surface area contributed by atoms with Gasteiger partial charge in [-0.1, -0.05) is 0 Å². The van der Waals surface area contributed by atoms with Gasteiger partial charge in [-0.3, -0.25) is 42.4 Å². The number of anilines is 2. The standard InChI is InChI=1S/C19H19FN4O2.C15H10F2N2O2.C13H17FO4.C11H11FO3.C9H9FO2.C5H5FN2.C3H6O2.Na.H/c1-26-17-4-2-13(10-15(17)20)16-11-19(25)24-12-14(3-5-18(24)22-16)23-8-6-21-7-9-23;1-21-13-4-2-9(6-11(13)17)12-7-15(20)19-8-10(16)3-5-14(19)18-12;1-9(15)8-13(17-3,18-4)10-5-6-12(16-2)11(14)7-10;1-7(13)5-10(14)8-3-4-11(15-2)9(12)6-8;1-6(11)7-3-4-9(12-2)8(10)5-7;6-4-1-2-5(7)8-3-4;1-3(4)5-2;;/h2-5,10-12,21H,6-9H2,1H3;2-8H,1H3;5-7H,8H2,1-4H3;3-4,6H,5H2,1-2H3;3-5H,1-2H3;1-3H,(H2,7,8);1-2H3;;/q;;;;;;;+1;-1. The Morgan fingerprint density at radius 1 is 0.509 bits per heavy atom. The van der Waals surface area contributed by atoms with Crippen molar-refractivity contribution >= 4 is 51.9 Å². The molecule has 0 bridgehead atoms. The van der Waals surface area contributed by atoms with Crippen molar-refractivity contribution < 1.29 is 124 Å². The van der Waals surface area contributed by atoms with E-state index in [9.17, 15) is 64.3 Å². The van der Waals surface area contributed by atoms with Crippen molar-refractivity contribution in [2.45, 2.75) is 46.3 Å². The Balaban J connectivity index is 0.000000337. The first-order chi connectivity index (χ1) is 50.0. The van der Waals surface area contributed by atoms with Crippen LogP contribution in [-0.4, -0.2) is 136 Å². The molecule has 0 unspecified atom stereocenters. The molecule has 1 aliphatic rings. The zero-order valence-electron chi connectivity index (χ0n) is 61.3. The van der Waals surface area contributed by atoms with E-state index in [2.05, 4.69) is 29.9 Å². The van der Waals surface area contributed by atoms with Gasteiger partial charge in [0.2, 0.25) is 5.79 Å². The molecule has 0 atom stereocenters. The number of aromatic nitrogens is 5. The summed E-state index contributed by atoms with van der Waals surface area (Å²) in [6.07, 6.45) is 3.75. The van der Waals surface area contributed by atoms with E-state index in [4.69, 9.17) is 38.9 Å². The number of nitrogens with zero attached hydrogens (tertiary/aromatic N) is 6. The zero-order chi connectivity index (χ0) is 77.7. The average molecular weight is 1490 g/mol. The van der Waals surface area contributed by atoms with Gasteiger partial charge in [0.25, 0.3) is 11.1 Å². The van der Waals surface area contributed by atoms with Crippen LogP contribution in [0.3, 0.4) is 0 Å². The molecule has 0 saturated carbocycles. The molecule has 5 aromatic heterocycles. The van der Waals surface area contributed by atoms with E-state index in [1.807, 2.05) is 18.3 Å². The number of hydrogen-bond acceptors (Lipinski definition) is 21. The molecule has 23 nitrogen and oxygen atoms in total. The third-order valence-electron chi connectivity index (χ3n) is 14.9. The van der Waals surface area contributed by atoms with Crippen LogP contribution >= 0.6 is 0 Å². The number of nitrogen functional groups attached to an aromatic ring is 1. The zero-order valence-corrected chi connectivity index (χ0v) is 62.3. The second-order valence-corrected chi connectivity index (χ2v) is 22.1. The Morgan fingerprint density at radius 2 is 0.934 bits per heavy atom. The number of fused-ring (bicyclic) bond motifs is 2. The molecule has 10 aromatic rings. The van der Waals surface area contributed by atoms with Crippen molar-refractivity contribution in [3.63, 3.8) is 0 Å². The minimum atomic E-state index is -1.26. The fourth-order valence-corrected chi connectivity index (χ4v) is 9.46. The van der Waals surface area contributed by atoms with Gasteiger partial charge >= 0.3 is 35.5 Å². The van der Waals surface area contributed by atoms with Crippen LogP contribution in [0, 0.1) is 40.7 Å². The molecule has 6 heterocycles. The number of pyridine rings is 3. The van der Waals surface area contributed by atoms with Crippen LogP contribution in [0.5, 0.6) is 28.7 Å². The molecule has 11 rings (SSSR count). The van der Waals surface area contributed by atoms with E-state index in [0.29, 0.717) is 45.1 Å². The molecular formula is C75H78F7N8NaO15. The molecule has 0 radical (unpaired) electrons. The number of esters is 1. The molecular weight excluding hydrogens is 1410 g/mol. The van der Waals surface area contributed by atoms with Gasteiger partial charge in [-0.2, -0.15) is 0 Å². The summed E-state index contributed by atoms with van der Waals surface area (Å²) < 4.78 is 134. The molecule has 0 aliphatic carbocycles. The van der Waals surface area contributed by atoms with Gasteiger partial charge in [0.1, 0.15) is 40.3 Å². The molecule has 0 amide bonds. The summed E-state index contributed by atoms with van der Waals surface area (Å²) in [6.45, 7) is 9.14. The van der Waals surface area contributed by atoms with Crippen LogP contribution in [0.1, 0.15) is 68.2 Å². The van der Waals surface area contributed by atoms with E-state index < -0.39 is 46.2 Å². The summed E-state index contributed by atoms with van der Waals surface area (Å²) in [4.78, 5) is 92.8. The van der Waals surface area contributed by atoms with Crippen molar-refractivity contribution in [2.24, 2.45) is 0 Å². The molecule has 106 heavy (non-hydrogen) atoms. The molecule has 1 aliphatic heterocycles. The number of Topliss-reactive ketones (excluding diaryl/α,β-unsaturated/α-hetero) is 4. The number of rotatable bonds is 17. The van der Waals surface area contributed by atoms with E-state index in [1.54, 1.807) is 18.2 Å². The number of hydrogen-bond donors (Lipinski definition) is 2. The number of ether oxygens (including phenoxy) is 8. The minimum Gasteiger partial charge on any atom is -1.00 e. The Hall–Kier alpha value is -10.9. The van der Waals surface area contributed by atoms with Crippen LogP contribution in [0.15, 0.2) is 168 Å². The predicted molar refractivity (Wildman–Crippen MR) is 379 cm³/mol. The Morgan fingerprint density at radius 3 is 1.33 bits per heavy atom. The normalized spacial score (nSPS) is 11.1. The van der Waals surface area contributed by atoms with E-state index in [1.165, 1.54) is 192 Å². The number of piperazine rings is 1. The number of halogens is 7. The number of methoxy groups -OCH3 is 8.